The van der Waals surface area contributed by atoms with E-state index in [2.05, 4.69) is 24.4 Å². The predicted molar refractivity (Wildman–Crippen MR) is 77.6 cm³/mol. The molecule has 0 aliphatic heterocycles. The highest BCUT2D eigenvalue weighted by Crippen LogP contribution is 2.23. The van der Waals surface area contributed by atoms with Crippen molar-refractivity contribution in [2.75, 3.05) is 11.9 Å². The smallest absolute Gasteiger partial charge is 0.123 e. The quantitative estimate of drug-likeness (QED) is 0.861. The molecule has 0 fully saturated rings. The standard InChI is InChI=1S/C16H19FN2/c1-12(13-5-3-2-4-6-13)19-16-8-7-15(17)11-14(16)9-10-18/h2-8,11-12,19H,9-10,18H2,1H3. The summed E-state index contributed by atoms with van der Waals surface area (Å²) in [5.74, 6) is -0.221. The van der Waals surface area contributed by atoms with Gasteiger partial charge in [-0.3, -0.25) is 0 Å². The summed E-state index contributed by atoms with van der Waals surface area (Å²) >= 11 is 0. The normalized spacial score (nSPS) is 12.2. The highest BCUT2D eigenvalue weighted by Gasteiger charge is 2.08. The van der Waals surface area contributed by atoms with Crippen molar-refractivity contribution >= 4 is 5.69 Å². The zero-order chi connectivity index (χ0) is 13.7. The number of hydrogen-bond acceptors (Lipinski definition) is 2. The first kappa shape index (κ1) is 13.6. The van der Waals surface area contributed by atoms with Crippen LogP contribution in [0.4, 0.5) is 10.1 Å². The topological polar surface area (TPSA) is 38.0 Å². The Hall–Kier alpha value is -1.87. The summed E-state index contributed by atoms with van der Waals surface area (Å²) < 4.78 is 13.3. The zero-order valence-corrected chi connectivity index (χ0v) is 11.1. The highest BCUT2D eigenvalue weighted by atomic mass is 19.1. The summed E-state index contributed by atoms with van der Waals surface area (Å²) in [5, 5.41) is 3.42. The van der Waals surface area contributed by atoms with Crippen molar-refractivity contribution in [2.45, 2.75) is 19.4 Å². The molecule has 0 saturated heterocycles. The molecule has 0 heterocycles. The summed E-state index contributed by atoms with van der Waals surface area (Å²) in [6.45, 7) is 2.60. The second-order valence-electron chi connectivity index (χ2n) is 4.62. The molecule has 0 aliphatic rings. The minimum Gasteiger partial charge on any atom is -0.378 e. The van der Waals surface area contributed by atoms with Crippen LogP contribution < -0.4 is 11.1 Å². The Morgan fingerprint density at radius 3 is 2.58 bits per heavy atom. The fourth-order valence-electron chi connectivity index (χ4n) is 2.12. The Balaban J connectivity index is 2.18. The van der Waals surface area contributed by atoms with Gasteiger partial charge in [0, 0.05) is 11.7 Å². The molecule has 0 amide bonds. The molecule has 3 N–H and O–H groups in total. The van der Waals surface area contributed by atoms with Gasteiger partial charge in [0.05, 0.1) is 0 Å². The molecule has 0 bridgehead atoms. The number of halogens is 1. The van der Waals surface area contributed by atoms with Crippen LogP contribution in [0.25, 0.3) is 0 Å². The third-order valence-corrected chi connectivity index (χ3v) is 3.15. The van der Waals surface area contributed by atoms with E-state index < -0.39 is 0 Å². The molecule has 2 nitrogen and oxygen atoms in total. The maximum absolute atomic E-state index is 13.3. The van der Waals surface area contributed by atoms with Crippen LogP contribution in [0.5, 0.6) is 0 Å². The molecule has 1 atom stereocenters. The minimum atomic E-state index is -0.221. The SMILES string of the molecule is CC(Nc1ccc(F)cc1CCN)c1ccccc1. The number of nitrogens with two attached hydrogens (primary N) is 1. The summed E-state index contributed by atoms with van der Waals surface area (Å²) in [5.41, 5.74) is 8.64. The number of rotatable bonds is 5. The van der Waals surface area contributed by atoms with Crippen molar-refractivity contribution in [3.05, 3.63) is 65.5 Å². The fraction of sp³-hybridized carbons (Fsp3) is 0.250. The Morgan fingerprint density at radius 2 is 1.89 bits per heavy atom. The Kier molecular flexibility index (Phi) is 4.53. The van der Waals surface area contributed by atoms with Crippen molar-refractivity contribution < 1.29 is 4.39 Å². The molecular weight excluding hydrogens is 239 g/mol. The van der Waals surface area contributed by atoms with Gasteiger partial charge in [0.25, 0.3) is 0 Å². The van der Waals surface area contributed by atoms with E-state index in [9.17, 15) is 4.39 Å². The van der Waals surface area contributed by atoms with Gasteiger partial charge in [-0.25, -0.2) is 4.39 Å². The molecule has 0 spiro atoms. The second kappa shape index (κ2) is 6.34. The van der Waals surface area contributed by atoms with Crippen LogP contribution in [-0.4, -0.2) is 6.54 Å². The average Bonchev–Trinajstić information content (AvgIpc) is 2.43. The molecule has 2 rings (SSSR count). The van der Waals surface area contributed by atoms with E-state index in [1.54, 1.807) is 12.1 Å². The second-order valence-corrected chi connectivity index (χ2v) is 4.62. The highest BCUT2D eigenvalue weighted by molar-refractivity contribution is 5.53. The lowest BCUT2D eigenvalue weighted by molar-refractivity contribution is 0.625. The number of anilines is 1. The molecule has 3 heteroatoms. The van der Waals surface area contributed by atoms with Crippen LogP contribution in [0.15, 0.2) is 48.5 Å². The van der Waals surface area contributed by atoms with Gasteiger partial charge in [-0.2, -0.15) is 0 Å². The maximum Gasteiger partial charge on any atom is 0.123 e. The molecule has 1 unspecified atom stereocenters. The lowest BCUT2D eigenvalue weighted by Crippen LogP contribution is -2.11. The summed E-state index contributed by atoms with van der Waals surface area (Å²) in [7, 11) is 0. The molecule has 0 saturated carbocycles. The van der Waals surface area contributed by atoms with Crippen LogP contribution in [0.2, 0.25) is 0 Å². The summed E-state index contributed by atoms with van der Waals surface area (Å²) in [6, 6.07) is 15.1. The van der Waals surface area contributed by atoms with Gasteiger partial charge in [-0.1, -0.05) is 30.3 Å². The molecule has 0 aliphatic carbocycles. The van der Waals surface area contributed by atoms with Crippen molar-refractivity contribution in [3.63, 3.8) is 0 Å². The fourth-order valence-corrected chi connectivity index (χ4v) is 2.12. The van der Waals surface area contributed by atoms with Crippen LogP contribution in [0.1, 0.15) is 24.1 Å². The van der Waals surface area contributed by atoms with Crippen molar-refractivity contribution in [1.29, 1.82) is 0 Å². The van der Waals surface area contributed by atoms with E-state index in [0.29, 0.717) is 13.0 Å². The molecular formula is C16H19FN2. The number of benzene rings is 2. The van der Waals surface area contributed by atoms with E-state index in [4.69, 9.17) is 5.73 Å². The number of hydrogen-bond donors (Lipinski definition) is 2. The Labute approximate surface area is 113 Å². The van der Waals surface area contributed by atoms with Gasteiger partial charge in [-0.05, 0) is 49.2 Å². The lowest BCUT2D eigenvalue weighted by Gasteiger charge is -2.18. The van der Waals surface area contributed by atoms with E-state index >= 15 is 0 Å². The Bertz CT molecular complexity index is 526. The van der Waals surface area contributed by atoms with Crippen molar-refractivity contribution in [2.24, 2.45) is 5.73 Å². The van der Waals surface area contributed by atoms with E-state index in [0.717, 1.165) is 11.3 Å². The van der Waals surface area contributed by atoms with Gasteiger partial charge in [0.1, 0.15) is 5.82 Å². The largest absolute Gasteiger partial charge is 0.378 e. The van der Waals surface area contributed by atoms with Crippen molar-refractivity contribution in [3.8, 4) is 0 Å². The maximum atomic E-state index is 13.3. The van der Waals surface area contributed by atoms with Gasteiger partial charge in [0.15, 0.2) is 0 Å². The Morgan fingerprint density at radius 1 is 1.16 bits per heavy atom. The van der Waals surface area contributed by atoms with Gasteiger partial charge in [-0.15, -0.1) is 0 Å². The van der Waals surface area contributed by atoms with Crippen LogP contribution >= 0.6 is 0 Å². The van der Waals surface area contributed by atoms with Crippen LogP contribution in [0.3, 0.4) is 0 Å². The third-order valence-electron chi connectivity index (χ3n) is 3.15. The molecule has 2 aromatic carbocycles. The molecule has 0 aromatic heterocycles. The molecule has 2 aromatic rings. The number of nitrogens with one attached hydrogen (secondary N) is 1. The van der Waals surface area contributed by atoms with Crippen LogP contribution in [-0.2, 0) is 6.42 Å². The van der Waals surface area contributed by atoms with E-state index in [1.165, 1.54) is 11.6 Å². The van der Waals surface area contributed by atoms with E-state index in [1.807, 2.05) is 18.2 Å². The summed E-state index contributed by atoms with van der Waals surface area (Å²) in [4.78, 5) is 0. The molecule has 0 radical (unpaired) electrons. The van der Waals surface area contributed by atoms with Gasteiger partial charge < -0.3 is 11.1 Å². The van der Waals surface area contributed by atoms with Crippen LogP contribution in [0, 0.1) is 5.82 Å². The predicted octanol–water partition coefficient (Wildman–Crippen LogP) is 3.50. The molecule has 19 heavy (non-hydrogen) atoms. The first-order valence-corrected chi connectivity index (χ1v) is 6.50. The first-order valence-electron chi connectivity index (χ1n) is 6.50. The molecule has 100 valence electrons. The summed E-state index contributed by atoms with van der Waals surface area (Å²) in [6.07, 6.45) is 0.668. The average molecular weight is 258 g/mol. The minimum absolute atomic E-state index is 0.170. The monoisotopic (exact) mass is 258 g/mol. The van der Waals surface area contributed by atoms with Gasteiger partial charge >= 0.3 is 0 Å². The zero-order valence-electron chi connectivity index (χ0n) is 11.1. The third kappa shape index (κ3) is 3.55. The lowest BCUT2D eigenvalue weighted by atomic mass is 10.1. The van der Waals surface area contributed by atoms with Crippen molar-refractivity contribution in [1.82, 2.24) is 0 Å². The van der Waals surface area contributed by atoms with E-state index in [-0.39, 0.29) is 11.9 Å². The first-order chi connectivity index (χ1) is 9.20. The van der Waals surface area contributed by atoms with Gasteiger partial charge in [0.2, 0.25) is 0 Å².